The number of nitrogens with zero attached hydrogens (tertiary/aromatic N) is 1. The number of imide groups is 1. The molecule has 3 rings (SSSR count). The fourth-order valence-electron chi connectivity index (χ4n) is 2.45. The molecule has 0 unspecified atom stereocenters. The molecule has 25 heavy (non-hydrogen) atoms. The van der Waals surface area contributed by atoms with Crippen LogP contribution >= 0.6 is 11.6 Å². The standard InChI is InChI=1S/C16H12ClFN2O4S/c17-10-1-6-13-14(9-10)16(22)20(15(13)21)8-7-19-25(23,24)12-4-2-11(18)3-5-12/h1-6,9,19H,7-8H2. The summed E-state index contributed by atoms with van der Waals surface area (Å²) in [6.07, 6.45) is 0. The van der Waals surface area contributed by atoms with Crippen molar-refractivity contribution in [3.63, 3.8) is 0 Å². The van der Waals surface area contributed by atoms with Crippen molar-refractivity contribution in [3.8, 4) is 0 Å². The van der Waals surface area contributed by atoms with Crippen LogP contribution in [0.2, 0.25) is 5.02 Å². The first-order chi connectivity index (χ1) is 11.8. The van der Waals surface area contributed by atoms with Gasteiger partial charge in [-0.25, -0.2) is 17.5 Å². The molecule has 9 heteroatoms. The van der Waals surface area contributed by atoms with Crippen molar-refractivity contribution >= 4 is 33.4 Å². The molecule has 1 N–H and O–H groups in total. The third kappa shape index (κ3) is 3.41. The summed E-state index contributed by atoms with van der Waals surface area (Å²) in [5.41, 5.74) is 0.426. The molecule has 0 spiro atoms. The van der Waals surface area contributed by atoms with E-state index < -0.39 is 27.7 Å². The predicted octanol–water partition coefficient (Wildman–Crippen LogP) is 2.05. The number of amides is 2. The van der Waals surface area contributed by atoms with Gasteiger partial charge in [0, 0.05) is 18.1 Å². The van der Waals surface area contributed by atoms with Crippen LogP contribution in [0.1, 0.15) is 20.7 Å². The maximum Gasteiger partial charge on any atom is 0.261 e. The van der Waals surface area contributed by atoms with Gasteiger partial charge in [-0.1, -0.05) is 11.6 Å². The molecular formula is C16H12ClFN2O4S. The number of carbonyl (C=O) groups excluding carboxylic acids is 2. The first kappa shape index (κ1) is 17.5. The normalized spacial score (nSPS) is 14.1. The Bertz CT molecular complexity index is 961. The van der Waals surface area contributed by atoms with E-state index >= 15 is 0 Å². The van der Waals surface area contributed by atoms with E-state index in [1.54, 1.807) is 0 Å². The van der Waals surface area contributed by atoms with Crippen molar-refractivity contribution in [1.82, 2.24) is 9.62 Å². The molecule has 6 nitrogen and oxygen atoms in total. The van der Waals surface area contributed by atoms with Gasteiger partial charge in [-0.2, -0.15) is 0 Å². The topological polar surface area (TPSA) is 83.6 Å². The Hall–Kier alpha value is -2.29. The highest BCUT2D eigenvalue weighted by atomic mass is 35.5. The molecule has 0 atom stereocenters. The van der Waals surface area contributed by atoms with Gasteiger partial charge in [-0.05, 0) is 42.5 Å². The highest BCUT2D eigenvalue weighted by Gasteiger charge is 2.35. The average molecular weight is 383 g/mol. The minimum absolute atomic E-state index is 0.108. The molecule has 0 fully saturated rings. The van der Waals surface area contributed by atoms with Gasteiger partial charge in [-0.15, -0.1) is 0 Å². The number of hydrogen-bond donors (Lipinski definition) is 1. The fourth-order valence-corrected chi connectivity index (χ4v) is 3.65. The quantitative estimate of drug-likeness (QED) is 0.802. The van der Waals surface area contributed by atoms with E-state index in [4.69, 9.17) is 11.6 Å². The van der Waals surface area contributed by atoms with E-state index in [2.05, 4.69) is 4.72 Å². The monoisotopic (exact) mass is 382 g/mol. The van der Waals surface area contributed by atoms with Crippen molar-refractivity contribution in [2.75, 3.05) is 13.1 Å². The first-order valence-corrected chi connectivity index (χ1v) is 9.07. The molecule has 130 valence electrons. The molecule has 1 aliphatic heterocycles. The number of carbonyl (C=O) groups is 2. The minimum atomic E-state index is -3.86. The summed E-state index contributed by atoms with van der Waals surface area (Å²) in [4.78, 5) is 25.3. The lowest BCUT2D eigenvalue weighted by Gasteiger charge is -2.14. The van der Waals surface area contributed by atoms with E-state index in [0.29, 0.717) is 5.02 Å². The van der Waals surface area contributed by atoms with Crippen molar-refractivity contribution in [2.45, 2.75) is 4.90 Å². The van der Waals surface area contributed by atoms with Crippen LogP contribution in [0.25, 0.3) is 0 Å². The second-order valence-electron chi connectivity index (χ2n) is 5.30. The molecule has 2 aromatic rings. The largest absolute Gasteiger partial charge is 0.273 e. The van der Waals surface area contributed by atoms with Gasteiger partial charge in [0.1, 0.15) is 5.82 Å². The summed E-state index contributed by atoms with van der Waals surface area (Å²) in [6.45, 7) is -0.302. The van der Waals surface area contributed by atoms with E-state index in [-0.39, 0.29) is 29.1 Å². The molecule has 1 aliphatic rings. The number of benzene rings is 2. The van der Waals surface area contributed by atoms with Crippen LogP contribution in [0.3, 0.4) is 0 Å². The third-order valence-corrected chi connectivity index (χ3v) is 5.40. The summed E-state index contributed by atoms with van der Waals surface area (Å²) in [5.74, 6) is -1.58. The lowest BCUT2D eigenvalue weighted by Crippen LogP contribution is -2.38. The lowest BCUT2D eigenvalue weighted by molar-refractivity contribution is 0.0657. The highest BCUT2D eigenvalue weighted by molar-refractivity contribution is 7.89. The maximum absolute atomic E-state index is 12.9. The number of nitrogens with one attached hydrogen (secondary N) is 1. The number of halogens is 2. The van der Waals surface area contributed by atoms with Gasteiger partial charge >= 0.3 is 0 Å². The van der Waals surface area contributed by atoms with Gasteiger partial charge in [0.2, 0.25) is 10.0 Å². The molecule has 1 heterocycles. The van der Waals surface area contributed by atoms with Crippen LogP contribution in [-0.2, 0) is 10.0 Å². The summed E-state index contributed by atoms with van der Waals surface area (Å²) >= 11 is 5.83. The molecule has 0 bridgehead atoms. The van der Waals surface area contributed by atoms with Crippen molar-refractivity contribution < 1.29 is 22.4 Å². The molecule has 0 aliphatic carbocycles. The Morgan fingerprint density at radius 2 is 1.64 bits per heavy atom. The Morgan fingerprint density at radius 3 is 2.32 bits per heavy atom. The molecule has 2 amide bonds. The van der Waals surface area contributed by atoms with Crippen molar-refractivity contribution in [3.05, 3.63) is 64.4 Å². The second kappa shape index (κ2) is 6.55. The Kier molecular flexibility index (Phi) is 4.59. The highest BCUT2D eigenvalue weighted by Crippen LogP contribution is 2.25. The van der Waals surface area contributed by atoms with Crippen molar-refractivity contribution in [2.24, 2.45) is 0 Å². The van der Waals surface area contributed by atoms with Crippen LogP contribution in [0.4, 0.5) is 4.39 Å². The minimum Gasteiger partial charge on any atom is -0.273 e. The maximum atomic E-state index is 12.9. The molecule has 0 saturated heterocycles. The van der Waals surface area contributed by atoms with Crippen LogP contribution in [0, 0.1) is 5.82 Å². The molecule has 0 aromatic heterocycles. The van der Waals surface area contributed by atoms with Gasteiger partial charge in [0.25, 0.3) is 11.8 Å². The van der Waals surface area contributed by atoms with E-state index in [1.807, 2.05) is 0 Å². The van der Waals surface area contributed by atoms with Crippen LogP contribution in [-0.4, -0.2) is 38.2 Å². The molecule has 0 saturated carbocycles. The molecule has 0 radical (unpaired) electrons. The fraction of sp³-hybridized carbons (Fsp3) is 0.125. The summed E-state index contributed by atoms with van der Waals surface area (Å²) in [7, 11) is -3.86. The first-order valence-electron chi connectivity index (χ1n) is 7.20. The summed E-state index contributed by atoms with van der Waals surface area (Å²) in [6, 6.07) is 8.68. The summed E-state index contributed by atoms with van der Waals surface area (Å²) < 4.78 is 39.4. The Balaban J connectivity index is 1.68. The Labute approximate surface area is 148 Å². The van der Waals surface area contributed by atoms with Gasteiger partial charge < -0.3 is 0 Å². The van der Waals surface area contributed by atoms with E-state index in [9.17, 15) is 22.4 Å². The van der Waals surface area contributed by atoms with Gasteiger partial charge in [0.05, 0.1) is 16.0 Å². The van der Waals surface area contributed by atoms with E-state index in [1.165, 1.54) is 18.2 Å². The Morgan fingerprint density at radius 1 is 1.00 bits per heavy atom. The number of fused-ring (bicyclic) bond motifs is 1. The number of rotatable bonds is 5. The van der Waals surface area contributed by atoms with Gasteiger partial charge in [0.15, 0.2) is 0 Å². The zero-order valence-corrected chi connectivity index (χ0v) is 14.3. The predicted molar refractivity (Wildman–Crippen MR) is 88.4 cm³/mol. The number of sulfonamides is 1. The second-order valence-corrected chi connectivity index (χ2v) is 7.51. The van der Waals surface area contributed by atoms with Gasteiger partial charge in [-0.3, -0.25) is 14.5 Å². The molecule has 2 aromatic carbocycles. The van der Waals surface area contributed by atoms with Crippen LogP contribution in [0.5, 0.6) is 0 Å². The summed E-state index contributed by atoms with van der Waals surface area (Å²) in [5, 5.41) is 0.332. The van der Waals surface area contributed by atoms with E-state index in [0.717, 1.165) is 29.2 Å². The third-order valence-electron chi connectivity index (χ3n) is 3.68. The zero-order valence-electron chi connectivity index (χ0n) is 12.7. The SMILES string of the molecule is O=C1c2ccc(Cl)cc2C(=O)N1CCNS(=O)(=O)c1ccc(F)cc1. The zero-order chi connectivity index (χ0) is 18.2. The lowest BCUT2D eigenvalue weighted by atomic mass is 10.1. The smallest absolute Gasteiger partial charge is 0.261 e. The van der Waals surface area contributed by atoms with Crippen LogP contribution in [0.15, 0.2) is 47.4 Å². The average Bonchev–Trinajstić information content (AvgIpc) is 2.79. The van der Waals surface area contributed by atoms with Crippen LogP contribution < -0.4 is 4.72 Å². The number of hydrogen-bond acceptors (Lipinski definition) is 4. The van der Waals surface area contributed by atoms with Crippen molar-refractivity contribution in [1.29, 1.82) is 0 Å². The molecular weight excluding hydrogens is 371 g/mol.